The maximum Gasteiger partial charge on any atom is 0.408 e. The lowest BCUT2D eigenvalue weighted by Gasteiger charge is -2.24. The Hall–Kier alpha value is -5.35. The Morgan fingerprint density at radius 1 is 0.726 bits per heavy atom. The summed E-state index contributed by atoms with van der Waals surface area (Å²) >= 11 is 5.98. The van der Waals surface area contributed by atoms with E-state index in [2.05, 4.69) is 35.9 Å². The van der Waals surface area contributed by atoms with Crippen LogP contribution in [-0.2, 0) is 62.4 Å². The second kappa shape index (κ2) is 23.0. The zero-order chi connectivity index (χ0) is 51.4. The van der Waals surface area contributed by atoms with Gasteiger partial charge in [-0.25, -0.2) is 24.7 Å². The number of aromatic nitrogens is 4. The molecule has 0 saturated carbocycles. The topological polar surface area (TPSA) is 249 Å². The Bertz CT molecular complexity index is 3080. The van der Waals surface area contributed by atoms with E-state index in [0.717, 1.165) is 109 Å². The second-order valence-electron chi connectivity index (χ2n) is 20.1. The number of nitrogens with one attached hydrogen (secondary N) is 3. The highest BCUT2D eigenvalue weighted by Crippen LogP contribution is 2.44. The molecule has 2 unspecified atom stereocenters. The van der Waals surface area contributed by atoms with E-state index in [1.807, 2.05) is 36.4 Å². The second-order valence-corrected chi connectivity index (χ2v) is 24.4. The number of hydrogen-bond acceptors (Lipinski definition) is 19. The molecule has 16 nitrogen and oxygen atoms in total. The predicted molar refractivity (Wildman–Crippen MR) is 287 cm³/mol. The van der Waals surface area contributed by atoms with Gasteiger partial charge in [0.1, 0.15) is 45.3 Å². The molecule has 2 aromatic carbocycles. The van der Waals surface area contributed by atoms with Gasteiger partial charge in [-0.05, 0) is 143 Å². The molecule has 7 N–H and O–H groups in total. The zero-order valence-corrected chi connectivity index (χ0v) is 44.4. The van der Waals surface area contributed by atoms with Crippen molar-refractivity contribution in [3.8, 4) is 0 Å². The molecule has 4 aromatic heterocycles. The van der Waals surface area contributed by atoms with Gasteiger partial charge in [-0.1, -0.05) is 35.7 Å². The summed E-state index contributed by atoms with van der Waals surface area (Å²) in [6, 6.07) is 10.7. The van der Waals surface area contributed by atoms with Crippen molar-refractivity contribution in [2.45, 2.75) is 138 Å². The maximum atomic E-state index is 12.9. The molecule has 20 heteroatoms. The Kier molecular flexibility index (Phi) is 16.6. The highest BCUT2D eigenvalue weighted by molar-refractivity contribution is 8.14. The molecule has 0 saturated heterocycles. The summed E-state index contributed by atoms with van der Waals surface area (Å²) in [6.45, 7) is 5.05. The molecule has 4 aliphatic rings. The maximum absolute atomic E-state index is 12.9. The van der Waals surface area contributed by atoms with Crippen LogP contribution >= 0.6 is 46.2 Å². The van der Waals surface area contributed by atoms with Crippen LogP contribution in [0.4, 0.5) is 27.8 Å². The number of amides is 1. The van der Waals surface area contributed by atoms with Gasteiger partial charge < -0.3 is 36.6 Å². The third-order valence-corrected chi connectivity index (χ3v) is 17.9. The molecule has 0 bridgehead atoms. The largest absolute Gasteiger partial charge is 0.444 e. The van der Waals surface area contributed by atoms with Crippen LogP contribution in [0.3, 0.4) is 0 Å². The van der Waals surface area contributed by atoms with Crippen LogP contribution in [0.2, 0.25) is 0 Å². The Labute approximate surface area is 439 Å². The molecule has 2 aliphatic heterocycles. The number of ketones is 2. The first-order valence-electron chi connectivity index (χ1n) is 24.8. The molecule has 1 amide bonds. The van der Waals surface area contributed by atoms with Crippen LogP contribution in [0.1, 0.15) is 104 Å². The Balaban J connectivity index is 0.000000183. The van der Waals surface area contributed by atoms with E-state index in [4.69, 9.17) is 15.6 Å². The van der Waals surface area contributed by atoms with Gasteiger partial charge in [0, 0.05) is 69.8 Å². The lowest BCUT2D eigenvalue weighted by molar-refractivity contribution is -0.122. The number of nitrogens with two attached hydrogens (primary N) is 1. The van der Waals surface area contributed by atoms with Crippen molar-refractivity contribution in [1.82, 2.24) is 25.3 Å². The van der Waals surface area contributed by atoms with Crippen LogP contribution < -0.4 is 21.7 Å². The number of nitrogens with zero attached hydrogens (tertiary/aromatic N) is 4. The first-order valence-corrected chi connectivity index (χ1v) is 28.1. The van der Waals surface area contributed by atoms with Crippen LogP contribution in [0, 0.1) is 11.8 Å². The van der Waals surface area contributed by atoms with Crippen molar-refractivity contribution in [2.75, 3.05) is 23.8 Å². The molecule has 73 heavy (non-hydrogen) atoms. The van der Waals surface area contributed by atoms with Crippen molar-refractivity contribution in [1.29, 1.82) is 0 Å². The fourth-order valence-corrected chi connectivity index (χ4v) is 14.4. The number of ether oxygens (including phenoxy) is 1. The van der Waals surface area contributed by atoms with Crippen molar-refractivity contribution in [2.24, 2.45) is 17.6 Å². The van der Waals surface area contributed by atoms with Crippen LogP contribution in [-0.4, -0.2) is 88.9 Å². The quantitative estimate of drug-likeness (QED) is 0.0498. The average Bonchev–Trinajstić information content (AvgIpc) is 4.13. The fourth-order valence-electron chi connectivity index (χ4n) is 9.93. The monoisotopic (exact) mass is 1060 g/mol. The number of rotatable bonds is 17. The number of fused-ring (bicyclic) bond motifs is 8. The molecule has 0 fully saturated rings. The first-order chi connectivity index (χ1) is 35.1. The smallest absolute Gasteiger partial charge is 0.408 e. The van der Waals surface area contributed by atoms with Gasteiger partial charge >= 0.3 is 6.09 Å². The number of benzene rings is 2. The molecular formula is C53H60N8O8S4. The lowest BCUT2D eigenvalue weighted by atomic mass is 9.84. The summed E-state index contributed by atoms with van der Waals surface area (Å²) in [6.07, 6.45) is 11.9. The number of alkyl carbamates (subject to hydrolysis) is 1. The van der Waals surface area contributed by atoms with Gasteiger partial charge in [0.15, 0.2) is 16.0 Å². The third kappa shape index (κ3) is 12.8. The Morgan fingerprint density at radius 3 is 1.70 bits per heavy atom. The van der Waals surface area contributed by atoms with Gasteiger partial charge in [0.05, 0.1) is 22.9 Å². The van der Waals surface area contributed by atoms with Crippen LogP contribution in [0.5, 0.6) is 0 Å². The number of carbonyl (C=O) groups is 5. The number of aliphatic hydroxyl groups is 2. The summed E-state index contributed by atoms with van der Waals surface area (Å²) in [4.78, 5) is 85.5. The van der Waals surface area contributed by atoms with E-state index in [9.17, 15) is 29.1 Å². The summed E-state index contributed by atoms with van der Waals surface area (Å²) in [5.41, 5.74) is 11.7. The van der Waals surface area contributed by atoms with Crippen LogP contribution in [0.15, 0.2) is 58.8 Å². The van der Waals surface area contributed by atoms with Gasteiger partial charge in [-0.15, -0.1) is 22.7 Å². The third-order valence-electron chi connectivity index (χ3n) is 13.6. The number of hydrogen-bond donors (Lipinski definition) is 6. The van der Waals surface area contributed by atoms with Crippen LogP contribution in [0.25, 0.3) is 20.4 Å². The average molecular weight is 1070 g/mol. The molecule has 6 heterocycles. The SMILES string of the molecule is CC(C)(C)OC(=O)N[C@@H](CCO)C(=O)CCC1CCc2c(sc3ncnc(Nc4ccc5c(c4)SC(=O)C5)c23)C1.N[C@@H](CCO)C(=O)CCC1CCc2c(sc3ncnc(Nc4ccc5c(c4)SC(=O)C5)c23)C1. The normalized spacial score (nSPS) is 17.7. The van der Waals surface area contributed by atoms with Crippen molar-refractivity contribution in [3.05, 3.63) is 81.1 Å². The molecule has 10 rings (SSSR count). The van der Waals surface area contributed by atoms with E-state index in [1.165, 1.54) is 44.4 Å². The number of anilines is 4. The van der Waals surface area contributed by atoms with Crippen molar-refractivity contribution < 1.29 is 38.9 Å². The number of thioether (sulfide) groups is 2. The van der Waals surface area contributed by atoms with Gasteiger partial charge in [-0.2, -0.15) is 0 Å². The minimum absolute atomic E-state index is 0.0396. The van der Waals surface area contributed by atoms with Crippen molar-refractivity contribution >= 4 is 118 Å². The van der Waals surface area contributed by atoms with E-state index < -0.39 is 23.8 Å². The molecule has 0 spiro atoms. The number of aliphatic hydroxyl groups excluding tert-OH is 2. The number of aryl methyl sites for hydroxylation is 2. The van der Waals surface area contributed by atoms with Gasteiger partial charge in [0.2, 0.25) is 0 Å². The highest BCUT2D eigenvalue weighted by atomic mass is 32.2. The number of Topliss-reactive ketones (excluding diaryl/α,β-unsaturated/α-hetero) is 2. The molecule has 6 aromatic rings. The minimum Gasteiger partial charge on any atom is -0.444 e. The molecule has 0 radical (unpaired) electrons. The highest BCUT2D eigenvalue weighted by Gasteiger charge is 2.30. The number of thiophene rings is 2. The zero-order valence-electron chi connectivity index (χ0n) is 41.1. The van der Waals surface area contributed by atoms with E-state index in [-0.39, 0.29) is 41.4 Å². The summed E-state index contributed by atoms with van der Waals surface area (Å²) in [5, 5.41) is 30.4. The van der Waals surface area contributed by atoms with E-state index in [0.29, 0.717) is 50.4 Å². The molecule has 2 aliphatic carbocycles. The predicted octanol–water partition coefficient (Wildman–Crippen LogP) is 9.11. The molecule has 4 atom stereocenters. The van der Waals surface area contributed by atoms with E-state index in [1.54, 1.807) is 56.1 Å². The standard InChI is InChI=1S/C29H34N4O5S2.C24H26N4O3S2/c1-29(2,3)38-28(37)33-20(10-11-34)21(35)9-5-16-4-8-19-23(12-16)40-27-25(19)26(30-15-31-27)32-18-7-6-17-13-24(36)39-22(17)14-18;25-17(7-8-29)18(30)6-2-13-1-5-16-20(9-13)33-24-22(16)23(26-12-27-24)28-15-4-3-14-10-21(31)32-19(14)11-15/h6-7,14-16,20,34H,4-5,8-13H2,1-3H3,(H,33,37)(H,30,31,32);3-4,11-13,17,29H,1-2,5-10,25H2,(H,26,27,28)/t16?,20-;13?,17-/m00/s1. The summed E-state index contributed by atoms with van der Waals surface area (Å²) in [5.74, 6) is 2.31. The number of carbonyl (C=O) groups excluding carboxylic acids is 5. The molecule has 384 valence electrons. The first kappa shape index (κ1) is 52.5. The summed E-state index contributed by atoms with van der Waals surface area (Å²) in [7, 11) is 0. The summed E-state index contributed by atoms with van der Waals surface area (Å²) < 4.78 is 5.28. The molecular weight excluding hydrogens is 1000 g/mol. The minimum atomic E-state index is -0.761. The Morgan fingerprint density at radius 2 is 1.22 bits per heavy atom. The van der Waals surface area contributed by atoms with Gasteiger partial charge in [0.25, 0.3) is 0 Å². The lowest BCUT2D eigenvalue weighted by Crippen LogP contribution is -2.44. The van der Waals surface area contributed by atoms with Crippen molar-refractivity contribution in [3.63, 3.8) is 0 Å². The van der Waals surface area contributed by atoms with E-state index >= 15 is 0 Å². The van der Waals surface area contributed by atoms with Gasteiger partial charge in [-0.3, -0.25) is 19.2 Å². The fraction of sp³-hybridized carbons (Fsp3) is 0.453.